The van der Waals surface area contributed by atoms with Crippen molar-refractivity contribution in [3.05, 3.63) is 47.0 Å². The van der Waals surface area contributed by atoms with Crippen LogP contribution in [0.2, 0.25) is 5.02 Å². The Bertz CT molecular complexity index is 1180. The van der Waals surface area contributed by atoms with Gasteiger partial charge in [-0.3, -0.25) is 4.79 Å². The third-order valence-electron chi connectivity index (χ3n) is 5.49. The zero-order chi connectivity index (χ0) is 23.0. The Morgan fingerprint density at radius 1 is 1.16 bits per heavy atom. The molecule has 3 amide bonds. The highest BCUT2D eigenvalue weighted by molar-refractivity contribution is 7.89. The SMILES string of the molecule is Cc1ccc(Cl)cc1NC(=O)N1CCN(S(=O)(=O)c2ccc3c(c2)NC(=O)C(C)O3)CC1. The number of nitrogens with one attached hydrogen (secondary N) is 2. The summed E-state index contributed by atoms with van der Waals surface area (Å²) in [7, 11) is -3.80. The highest BCUT2D eigenvalue weighted by Gasteiger charge is 2.32. The molecule has 170 valence electrons. The molecule has 0 spiro atoms. The maximum Gasteiger partial charge on any atom is 0.321 e. The molecule has 1 unspecified atom stereocenters. The Balaban J connectivity index is 1.42. The van der Waals surface area contributed by atoms with Crippen LogP contribution in [0.25, 0.3) is 0 Å². The lowest BCUT2D eigenvalue weighted by Crippen LogP contribution is -2.51. The standard InChI is InChI=1S/C21H23ClN4O5S/c1-13-3-4-15(22)11-17(13)24-21(28)25-7-9-26(10-8-25)32(29,30)16-5-6-19-18(12-16)23-20(27)14(2)31-19/h3-6,11-12,14H,7-10H2,1-2H3,(H,23,27)(H,24,28). The number of benzene rings is 2. The minimum absolute atomic E-state index is 0.0576. The van der Waals surface area contributed by atoms with E-state index in [1.807, 2.05) is 13.0 Å². The summed E-state index contributed by atoms with van der Waals surface area (Å²) < 4.78 is 33.0. The van der Waals surface area contributed by atoms with E-state index in [0.29, 0.717) is 22.1 Å². The van der Waals surface area contributed by atoms with Crippen LogP contribution in [0.15, 0.2) is 41.3 Å². The minimum atomic E-state index is -3.80. The van der Waals surface area contributed by atoms with Gasteiger partial charge in [0.2, 0.25) is 10.0 Å². The number of halogens is 1. The topological polar surface area (TPSA) is 108 Å². The fourth-order valence-electron chi connectivity index (χ4n) is 3.55. The maximum atomic E-state index is 13.1. The van der Waals surface area contributed by atoms with E-state index in [0.717, 1.165) is 5.56 Å². The van der Waals surface area contributed by atoms with Gasteiger partial charge in [0.25, 0.3) is 5.91 Å². The molecule has 2 aromatic rings. The van der Waals surface area contributed by atoms with Gasteiger partial charge in [-0.2, -0.15) is 4.31 Å². The molecule has 2 heterocycles. The van der Waals surface area contributed by atoms with Crippen molar-refractivity contribution in [3.63, 3.8) is 0 Å². The van der Waals surface area contributed by atoms with Gasteiger partial charge < -0.3 is 20.3 Å². The van der Waals surface area contributed by atoms with E-state index in [4.69, 9.17) is 16.3 Å². The summed E-state index contributed by atoms with van der Waals surface area (Å²) in [5.74, 6) is 0.0930. The molecule has 0 aliphatic carbocycles. The second-order valence-corrected chi connectivity index (χ2v) is 10.1. The van der Waals surface area contributed by atoms with Gasteiger partial charge >= 0.3 is 6.03 Å². The fourth-order valence-corrected chi connectivity index (χ4v) is 5.17. The van der Waals surface area contributed by atoms with Gasteiger partial charge in [-0.1, -0.05) is 17.7 Å². The van der Waals surface area contributed by atoms with E-state index >= 15 is 0 Å². The third kappa shape index (κ3) is 4.38. The molecule has 32 heavy (non-hydrogen) atoms. The summed E-state index contributed by atoms with van der Waals surface area (Å²) in [6.45, 7) is 4.28. The first-order valence-corrected chi connectivity index (χ1v) is 11.9. The molecule has 1 saturated heterocycles. The van der Waals surface area contributed by atoms with Crippen LogP contribution in [0.1, 0.15) is 12.5 Å². The lowest BCUT2D eigenvalue weighted by molar-refractivity contribution is -0.122. The smallest absolute Gasteiger partial charge is 0.321 e. The third-order valence-corrected chi connectivity index (χ3v) is 7.62. The van der Waals surface area contributed by atoms with E-state index in [2.05, 4.69) is 10.6 Å². The average molecular weight is 479 g/mol. The minimum Gasteiger partial charge on any atom is -0.479 e. The molecule has 0 aromatic heterocycles. The molecule has 4 rings (SSSR count). The predicted octanol–water partition coefficient (Wildman–Crippen LogP) is 2.91. The molecular formula is C21H23ClN4O5S. The zero-order valence-corrected chi connectivity index (χ0v) is 19.2. The Kier molecular flexibility index (Phi) is 6.02. The Labute approximate surface area is 191 Å². The van der Waals surface area contributed by atoms with E-state index < -0.39 is 16.1 Å². The number of sulfonamides is 1. The van der Waals surface area contributed by atoms with Gasteiger partial charge in [0.1, 0.15) is 5.75 Å². The van der Waals surface area contributed by atoms with Crippen LogP contribution in [0, 0.1) is 6.92 Å². The van der Waals surface area contributed by atoms with Crippen LogP contribution in [0.3, 0.4) is 0 Å². The number of urea groups is 1. The van der Waals surface area contributed by atoms with Crippen molar-refractivity contribution in [2.75, 3.05) is 36.8 Å². The second kappa shape index (κ2) is 8.61. The zero-order valence-electron chi connectivity index (χ0n) is 17.6. The van der Waals surface area contributed by atoms with Crippen molar-refractivity contribution in [2.45, 2.75) is 24.8 Å². The van der Waals surface area contributed by atoms with Crippen LogP contribution >= 0.6 is 11.6 Å². The number of carbonyl (C=O) groups is 2. The van der Waals surface area contributed by atoms with Gasteiger partial charge in [-0.15, -0.1) is 0 Å². The summed E-state index contributed by atoms with van der Waals surface area (Å²) in [5, 5.41) is 6.01. The molecule has 0 radical (unpaired) electrons. The first-order valence-electron chi connectivity index (χ1n) is 10.1. The number of ether oxygens (including phenoxy) is 1. The molecule has 2 N–H and O–H groups in total. The molecule has 11 heteroatoms. The molecular weight excluding hydrogens is 456 g/mol. The summed E-state index contributed by atoms with van der Waals surface area (Å²) >= 11 is 6.00. The van der Waals surface area contributed by atoms with Gasteiger partial charge in [-0.25, -0.2) is 13.2 Å². The fraction of sp³-hybridized carbons (Fsp3) is 0.333. The highest BCUT2D eigenvalue weighted by Crippen LogP contribution is 2.33. The molecule has 0 bridgehead atoms. The molecule has 2 aliphatic heterocycles. The van der Waals surface area contributed by atoms with Crippen molar-refractivity contribution in [2.24, 2.45) is 0 Å². The predicted molar refractivity (Wildman–Crippen MR) is 121 cm³/mol. The van der Waals surface area contributed by atoms with Crippen LogP contribution in [0.5, 0.6) is 5.75 Å². The maximum absolute atomic E-state index is 13.1. The summed E-state index contributed by atoms with van der Waals surface area (Å²) in [6, 6.07) is 9.32. The number of piperazine rings is 1. The van der Waals surface area contributed by atoms with Crippen LogP contribution in [-0.2, 0) is 14.8 Å². The first-order chi connectivity index (χ1) is 15.1. The second-order valence-electron chi connectivity index (χ2n) is 7.69. The van der Waals surface area contributed by atoms with E-state index in [1.165, 1.54) is 22.5 Å². The highest BCUT2D eigenvalue weighted by atomic mass is 35.5. The largest absolute Gasteiger partial charge is 0.479 e. The summed E-state index contributed by atoms with van der Waals surface area (Å²) in [4.78, 5) is 26.1. The van der Waals surface area contributed by atoms with Crippen LogP contribution in [-0.4, -0.2) is 61.8 Å². The molecule has 1 atom stereocenters. The van der Waals surface area contributed by atoms with E-state index in [-0.39, 0.29) is 43.0 Å². The van der Waals surface area contributed by atoms with E-state index in [9.17, 15) is 18.0 Å². The lowest BCUT2D eigenvalue weighted by Gasteiger charge is -2.34. The quantitative estimate of drug-likeness (QED) is 0.705. The Morgan fingerprint density at radius 2 is 1.88 bits per heavy atom. The Hall–Kier alpha value is -2.82. The van der Waals surface area contributed by atoms with Crippen LogP contribution < -0.4 is 15.4 Å². The summed E-state index contributed by atoms with van der Waals surface area (Å²) in [6.07, 6.45) is -0.639. The molecule has 2 aromatic carbocycles. The van der Waals surface area contributed by atoms with Gasteiger partial charge in [0, 0.05) is 36.9 Å². The lowest BCUT2D eigenvalue weighted by atomic mass is 10.2. The van der Waals surface area contributed by atoms with E-state index in [1.54, 1.807) is 24.0 Å². The summed E-state index contributed by atoms with van der Waals surface area (Å²) in [5.41, 5.74) is 1.82. The molecule has 2 aliphatic rings. The van der Waals surface area contributed by atoms with Crippen molar-refractivity contribution in [1.82, 2.24) is 9.21 Å². The number of hydrogen-bond acceptors (Lipinski definition) is 5. The number of nitrogens with zero attached hydrogens (tertiary/aromatic N) is 2. The van der Waals surface area contributed by atoms with Crippen molar-refractivity contribution in [1.29, 1.82) is 0 Å². The van der Waals surface area contributed by atoms with Gasteiger partial charge in [-0.05, 0) is 49.7 Å². The number of aryl methyl sites for hydroxylation is 1. The normalized spacial score (nSPS) is 19.0. The molecule has 9 nitrogen and oxygen atoms in total. The molecule has 0 saturated carbocycles. The van der Waals surface area contributed by atoms with Crippen molar-refractivity contribution < 1.29 is 22.7 Å². The number of amides is 3. The number of rotatable bonds is 3. The van der Waals surface area contributed by atoms with Gasteiger partial charge in [0.15, 0.2) is 6.10 Å². The number of hydrogen-bond donors (Lipinski definition) is 2. The first kappa shape index (κ1) is 22.4. The monoisotopic (exact) mass is 478 g/mol. The molecule has 1 fully saturated rings. The van der Waals surface area contributed by atoms with Crippen LogP contribution in [0.4, 0.5) is 16.2 Å². The number of fused-ring (bicyclic) bond motifs is 1. The number of carbonyl (C=O) groups excluding carboxylic acids is 2. The van der Waals surface area contributed by atoms with Crippen molar-refractivity contribution in [3.8, 4) is 5.75 Å². The van der Waals surface area contributed by atoms with Crippen molar-refractivity contribution >= 4 is 44.9 Å². The average Bonchev–Trinajstić information content (AvgIpc) is 2.76. The Morgan fingerprint density at radius 3 is 2.59 bits per heavy atom. The van der Waals surface area contributed by atoms with Gasteiger partial charge in [0.05, 0.1) is 10.6 Å². The number of anilines is 2.